The summed E-state index contributed by atoms with van der Waals surface area (Å²) in [7, 11) is 1.38. The van der Waals surface area contributed by atoms with Crippen LogP contribution in [0.4, 0.5) is 0 Å². The second-order valence-electron chi connectivity index (χ2n) is 4.63. The van der Waals surface area contributed by atoms with Gasteiger partial charge < -0.3 is 14.9 Å². The third-order valence-electron chi connectivity index (χ3n) is 3.17. The fourth-order valence-electron chi connectivity index (χ4n) is 1.92. The first-order chi connectivity index (χ1) is 11.0. The summed E-state index contributed by atoms with van der Waals surface area (Å²) in [4.78, 5) is 12.1. The van der Waals surface area contributed by atoms with Gasteiger partial charge in [-0.05, 0) is 47.1 Å². The molecule has 0 aliphatic heterocycles. The number of rotatable bonds is 4. The number of carbonyl (C=O) groups is 1. The number of nitrogens with zero attached hydrogens (tertiary/aromatic N) is 1. The topological polar surface area (TPSA) is 91.2 Å². The minimum atomic E-state index is -0.394. The highest BCUT2D eigenvalue weighted by Crippen LogP contribution is 2.37. The molecule has 0 aliphatic rings. The monoisotopic (exact) mass is 378 g/mol. The van der Waals surface area contributed by atoms with Crippen LogP contribution in [0.3, 0.4) is 0 Å². The Morgan fingerprint density at radius 1 is 1.13 bits per heavy atom. The fourth-order valence-corrected chi connectivity index (χ4v) is 2.38. The number of ether oxygens (including phenoxy) is 1. The molecular formula is C16H15BrN2O4. The normalized spacial score (nSPS) is 11.2. The van der Waals surface area contributed by atoms with Crippen LogP contribution < -0.4 is 10.2 Å². The highest BCUT2D eigenvalue weighted by Gasteiger charge is 2.15. The van der Waals surface area contributed by atoms with Crippen LogP contribution in [0, 0.1) is 0 Å². The Morgan fingerprint density at radius 2 is 1.83 bits per heavy atom. The number of carbonyl (C=O) groups excluding carboxylic acids is 1. The van der Waals surface area contributed by atoms with E-state index >= 15 is 0 Å². The maximum Gasteiger partial charge on any atom is 0.272 e. The lowest BCUT2D eigenvalue weighted by Gasteiger charge is -2.10. The Kier molecular flexibility index (Phi) is 5.23. The van der Waals surface area contributed by atoms with Crippen molar-refractivity contribution in [3.8, 4) is 17.2 Å². The molecule has 23 heavy (non-hydrogen) atoms. The Labute approximate surface area is 141 Å². The molecule has 2 rings (SSSR count). The van der Waals surface area contributed by atoms with Gasteiger partial charge in [-0.3, -0.25) is 4.79 Å². The summed E-state index contributed by atoms with van der Waals surface area (Å²) in [6.45, 7) is 1.60. The molecule has 0 radical (unpaired) electrons. The van der Waals surface area contributed by atoms with Crippen LogP contribution in [-0.2, 0) is 0 Å². The van der Waals surface area contributed by atoms with Gasteiger partial charge in [0.05, 0.1) is 18.4 Å². The molecule has 7 heteroatoms. The largest absolute Gasteiger partial charge is 0.504 e. The van der Waals surface area contributed by atoms with Gasteiger partial charge >= 0.3 is 0 Å². The second-order valence-corrected chi connectivity index (χ2v) is 5.48. The lowest BCUT2D eigenvalue weighted by molar-refractivity contribution is 0.0954. The van der Waals surface area contributed by atoms with E-state index < -0.39 is 5.91 Å². The summed E-state index contributed by atoms with van der Waals surface area (Å²) in [5.74, 6) is -0.984. The van der Waals surface area contributed by atoms with Gasteiger partial charge in [-0.25, -0.2) is 5.43 Å². The van der Waals surface area contributed by atoms with Crippen LogP contribution >= 0.6 is 15.9 Å². The number of phenolic OH excluding ortho intramolecular Hbond substituents is 2. The van der Waals surface area contributed by atoms with Gasteiger partial charge in [-0.2, -0.15) is 5.10 Å². The summed E-state index contributed by atoms with van der Waals surface area (Å²) in [5.41, 5.74) is 3.47. The van der Waals surface area contributed by atoms with Gasteiger partial charge in [0.2, 0.25) is 5.75 Å². The van der Waals surface area contributed by atoms with Crippen LogP contribution in [0.5, 0.6) is 17.2 Å². The molecule has 0 bridgehead atoms. The molecule has 0 saturated carbocycles. The van der Waals surface area contributed by atoms with Crippen molar-refractivity contribution in [1.29, 1.82) is 0 Å². The number of phenols is 2. The standard InChI is InChI=1S/C16H15BrN2O4/c1-9(10-7-8-13(23-2)15(21)14(10)20)18-19-16(22)11-5-3-4-6-12(11)17/h3-8,20-21H,1-2H3,(H,19,22)/b18-9+. The third-order valence-corrected chi connectivity index (χ3v) is 3.86. The van der Waals surface area contributed by atoms with Gasteiger partial charge in [0.1, 0.15) is 0 Å². The van der Waals surface area contributed by atoms with Crippen molar-refractivity contribution in [3.05, 3.63) is 52.0 Å². The fraction of sp³-hybridized carbons (Fsp3) is 0.125. The Bertz CT molecular complexity index is 775. The Balaban J connectivity index is 2.23. The number of benzene rings is 2. The highest BCUT2D eigenvalue weighted by molar-refractivity contribution is 9.10. The number of hydrogen-bond donors (Lipinski definition) is 3. The molecule has 6 nitrogen and oxygen atoms in total. The predicted octanol–water partition coefficient (Wildman–Crippen LogP) is 3.02. The first kappa shape index (κ1) is 16.8. The summed E-state index contributed by atoms with van der Waals surface area (Å²) in [6, 6.07) is 9.98. The van der Waals surface area contributed by atoms with Crippen molar-refractivity contribution < 1.29 is 19.7 Å². The molecule has 0 saturated heterocycles. The first-order valence-corrected chi connectivity index (χ1v) is 7.43. The third kappa shape index (κ3) is 3.62. The molecule has 1 amide bonds. The van der Waals surface area contributed by atoms with E-state index in [9.17, 15) is 15.0 Å². The van der Waals surface area contributed by atoms with Gasteiger partial charge in [0, 0.05) is 10.0 Å². The second kappa shape index (κ2) is 7.15. The minimum Gasteiger partial charge on any atom is -0.504 e. The summed E-state index contributed by atoms with van der Waals surface area (Å²) >= 11 is 3.29. The first-order valence-electron chi connectivity index (χ1n) is 6.64. The van der Waals surface area contributed by atoms with Crippen LogP contribution in [0.2, 0.25) is 0 Å². The molecule has 0 heterocycles. The zero-order chi connectivity index (χ0) is 17.0. The molecule has 0 aromatic heterocycles. The Morgan fingerprint density at radius 3 is 2.48 bits per heavy atom. The number of halogens is 1. The number of hydrogen-bond acceptors (Lipinski definition) is 5. The lowest BCUT2D eigenvalue weighted by Crippen LogP contribution is -2.19. The van der Waals surface area contributed by atoms with E-state index in [2.05, 4.69) is 26.5 Å². The predicted molar refractivity (Wildman–Crippen MR) is 90.1 cm³/mol. The van der Waals surface area contributed by atoms with Gasteiger partial charge in [0.25, 0.3) is 5.91 Å². The van der Waals surface area contributed by atoms with Gasteiger partial charge in [0.15, 0.2) is 11.5 Å². The van der Waals surface area contributed by atoms with E-state index in [4.69, 9.17) is 4.74 Å². The van der Waals surface area contributed by atoms with E-state index in [-0.39, 0.29) is 22.8 Å². The molecular weight excluding hydrogens is 364 g/mol. The zero-order valence-electron chi connectivity index (χ0n) is 12.5. The molecule has 3 N–H and O–H groups in total. The smallest absolute Gasteiger partial charge is 0.272 e. The molecule has 2 aromatic rings. The van der Waals surface area contributed by atoms with Crippen molar-refractivity contribution in [2.24, 2.45) is 5.10 Å². The van der Waals surface area contributed by atoms with Crippen molar-refractivity contribution >= 4 is 27.5 Å². The van der Waals surface area contributed by atoms with E-state index in [1.54, 1.807) is 31.2 Å². The molecule has 2 aromatic carbocycles. The number of methoxy groups -OCH3 is 1. The minimum absolute atomic E-state index is 0.149. The molecule has 0 atom stereocenters. The lowest BCUT2D eigenvalue weighted by atomic mass is 10.1. The molecule has 0 unspecified atom stereocenters. The van der Waals surface area contributed by atoms with E-state index in [1.807, 2.05) is 0 Å². The van der Waals surface area contributed by atoms with Crippen molar-refractivity contribution in [2.45, 2.75) is 6.92 Å². The number of hydrazone groups is 1. The zero-order valence-corrected chi connectivity index (χ0v) is 14.1. The van der Waals surface area contributed by atoms with Crippen LogP contribution in [0.25, 0.3) is 0 Å². The molecule has 0 spiro atoms. The van der Waals surface area contributed by atoms with Gasteiger partial charge in [-0.15, -0.1) is 0 Å². The average molecular weight is 379 g/mol. The number of nitrogens with one attached hydrogen (secondary N) is 1. The van der Waals surface area contributed by atoms with Gasteiger partial charge in [-0.1, -0.05) is 12.1 Å². The van der Waals surface area contributed by atoms with E-state index in [1.165, 1.54) is 19.2 Å². The van der Waals surface area contributed by atoms with Crippen molar-refractivity contribution in [3.63, 3.8) is 0 Å². The summed E-state index contributed by atoms with van der Waals surface area (Å²) < 4.78 is 5.55. The summed E-state index contributed by atoms with van der Waals surface area (Å²) in [6.07, 6.45) is 0. The molecule has 120 valence electrons. The summed E-state index contributed by atoms with van der Waals surface area (Å²) in [5, 5.41) is 23.7. The molecule has 0 aliphatic carbocycles. The Hall–Kier alpha value is -2.54. The van der Waals surface area contributed by atoms with Crippen molar-refractivity contribution in [1.82, 2.24) is 5.43 Å². The van der Waals surface area contributed by atoms with Crippen LogP contribution in [0.15, 0.2) is 46.0 Å². The molecule has 0 fully saturated rings. The quantitative estimate of drug-likeness (QED) is 0.433. The average Bonchev–Trinajstić information content (AvgIpc) is 2.55. The van der Waals surface area contributed by atoms with E-state index in [0.717, 1.165) is 0 Å². The number of amides is 1. The van der Waals surface area contributed by atoms with E-state index in [0.29, 0.717) is 15.7 Å². The maximum atomic E-state index is 12.1. The SMILES string of the molecule is COc1ccc(/C(C)=N/NC(=O)c2ccccc2Br)c(O)c1O. The van der Waals surface area contributed by atoms with Crippen LogP contribution in [-0.4, -0.2) is 28.9 Å². The maximum absolute atomic E-state index is 12.1. The highest BCUT2D eigenvalue weighted by atomic mass is 79.9. The van der Waals surface area contributed by atoms with Crippen LogP contribution in [0.1, 0.15) is 22.8 Å². The number of aromatic hydroxyl groups is 2. The van der Waals surface area contributed by atoms with Crippen molar-refractivity contribution in [2.75, 3.05) is 7.11 Å².